The third-order valence-electron chi connectivity index (χ3n) is 2.83. The van der Waals surface area contributed by atoms with E-state index in [0.29, 0.717) is 25.1 Å². The Hall–Kier alpha value is -1.11. The topological polar surface area (TPSA) is 56.5 Å². The van der Waals surface area contributed by atoms with Gasteiger partial charge in [-0.1, -0.05) is 6.58 Å². The van der Waals surface area contributed by atoms with Crippen LogP contribution in [0.2, 0.25) is 0 Å². The molecule has 6 heteroatoms. The number of nitrogens with two attached hydrogens (primary N) is 1. The number of hydrogen-bond donors (Lipinski definition) is 2. The molecule has 2 rings (SSSR count). The predicted octanol–water partition coefficient (Wildman–Crippen LogP) is 2.06. The van der Waals surface area contributed by atoms with Crippen LogP contribution in [0, 0.1) is 0 Å². The Kier molecular flexibility index (Phi) is 3.66. The monoisotopic (exact) mass is 258 g/mol. The minimum atomic E-state index is -0.0204. The van der Waals surface area contributed by atoms with Crippen LogP contribution in [0.5, 0.6) is 0 Å². The maximum absolute atomic E-state index is 12.3. The molecule has 1 unspecified atom stereocenters. The summed E-state index contributed by atoms with van der Waals surface area (Å²) in [5.41, 5.74) is 7.33. The predicted molar refractivity (Wildman–Crippen MR) is 66.4 cm³/mol. The minimum Gasteiger partial charge on any atom is -0.379 e. The SMILES string of the molecule is C=C(OF)c1c(NC)sc2c1CC(CN)OC2. The van der Waals surface area contributed by atoms with E-state index in [0.717, 1.165) is 15.4 Å². The molecule has 17 heavy (non-hydrogen) atoms. The molecule has 0 fully saturated rings. The highest BCUT2D eigenvalue weighted by Crippen LogP contribution is 2.41. The standard InChI is InChI=1S/C11H15FN2O2S/c1-6(16-12)10-8-3-7(4-13)15-5-9(8)17-11(10)14-2/h7,14H,1,3-5,13H2,2H3. The molecule has 1 aromatic heterocycles. The van der Waals surface area contributed by atoms with Gasteiger partial charge in [-0.3, -0.25) is 4.94 Å². The largest absolute Gasteiger partial charge is 0.379 e. The second-order valence-electron chi connectivity index (χ2n) is 3.83. The molecule has 1 aromatic rings. The summed E-state index contributed by atoms with van der Waals surface area (Å²) >= 11 is 1.53. The number of anilines is 1. The van der Waals surface area contributed by atoms with Crippen LogP contribution < -0.4 is 11.1 Å². The van der Waals surface area contributed by atoms with Crippen molar-refractivity contribution in [3.05, 3.63) is 22.6 Å². The molecule has 3 N–H and O–H groups in total. The van der Waals surface area contributed by atoms with E-state index in [9.17, 15) is 4.53 Å². The fourth-order valence-electron chi connectivity index (χ4n) is 1.99. The first-order valence-corrected chi connectivity index (χ1v) is 6.14. The lowest BCUT2D eigenvalue weighted by atomic mass is 10.00. The summed E-state index contributed by atoms with van der Waals surface area (Å²) in [4.78, 5) is 4.85. The third kappa shape index (κ3) is 2.15. The summed E-state index contributed by atoms with van der Waals surface area (Å²) in [5.74, 6) is 0.0320. The van der Waals surface area contributed by atoms with E-state index in [4.69, 9.17) is 10.5 Å². The molecule has 1 aliphatic heterocycles. The van der Waals surface area contributed by atoms with E-state index in [1.54, 1.807) is 7.05 Å². The molecule has 0 saturated heterocycles. The van der Waals surface area contributed by atoms with E-state index in [1.165, 1.54) is 11.3 Å². The van der Waals surface area contributed by atoms with Crippen LogP contribution in [0.1, 0.15) is 16.0 Å². The summed E-state index contributed by atoms with van der Waals surface area (Å²) < 4.78 is 17.9. The molecule has 0 saturated carbocycles. The molecule has 0 spiro atoms. The summed E-state index contributed by atoms with van der Waals surface area (Å²) in [5, 5.41) is 3.87. The van der Waals surface area contributed by atoms with Crippen LogP contribution in [0.25, 0.3) is 5.76 Å². The second-order valence-corrected chi connectivity index (χ2v) is 4.94. The normalized spacial score (nSPS) is 18.6. The van der Waals surface area contributed by atoms with Crippen molar-refractivity contribution in [3.8, 4) is 0 Å². The van der Waals surface area contributed by atoms with E-state index < -0.39 is 0 Å². The first kappa shape index (κ1) is 12.3. The molecule has 1 atom stereocenters. The number of halogens is 1. The van der Waals surface area contributed by atoms with Gasteiger partial charge in [-0.15, -0.1) is 11.3 Å². The lowest BCUT2D eigenvalue weighted by Crippen LogP contribution is -2.29. The highest BCUT2D eigenvalue weighted by Gasteiger charge is 2.27. The van der Waals surface area contributed by atoms with Gasteiger partial charge in [0, 0.05) is 29.4 Å². The van der Waals surface area contributed by atoms with Crippen LogP contribution in [0.4, 0.5) is 9.53 Å². The minimum absolute atomic E-state index is 0.0204. The van der Waals surface area contributed by atoms with E-state index in [2.05, 4.69) is 16.8 Å². The van der Waals surface area contributed by atoms with Crippen molar-refractivity contribution in [2.45, 2.75) is 19.1 Å². The van der Waals surface area contributed by atoms with Gasteiger partial charge in [-0.05, 0) is 5.56 Å². The number of fused-ring (bicyclic) bond motifs is 1. The Morgan fingerprint density at radius 1 is 1.76 bits per heavy atom. The molecule has 1 aliphatic rings. The van der Waals surface area contributed by atoms with Gasteiger partial charge in [0.25, 0.3) is 0 Å². The van der Waals surface area contributed by atoms with Gasteiger partial charge in [0.15, 0.2) is 5.76 Å². The fraction of sp³-hybridized carbons (Fsp3) is 0.455. The second kappa shape index (κ2) is 5.03. The highest BCUT2D eigenvalue weighted by atomic mass is 32.1. The number of hydrogen-bond acceptors (Lipinski definition) is 5. The van der Waals surface area contributed by atoms with Crippen molar-refractivity contribution in [1.29, 1.82) is 0 Å². The van der Waals surface area contributed by atoms with Crippen molar-refractivity contribution >= 4 is 22.1 Å². The molecule has 0 amide bonds. The van der Waals surface area contributed by atoms with Gasteiger partial charge in [0.05, 0.1) is 23.3 Å². The van der Waals surface area contributed by atoms with Crippen LogP contribution in [-0.4, -0.2) is 19.7 Å². The van der Waals surface area contributed by atoms with E-state index >= 15 is 0 Å². The first-order valence-electron chi connectivity index (χ1n) is 5.33. The zero-order valence-corrected chi connectivity index (χ0v) is 10.4. The first-order chi connectivity index (χ1) is 8.21. The van der Waals surface area contributed by atoms with Crippen LogP contribution in [0.15, 0.2) is 6.58 Å². The van der Waals surface area contributed by atoms with E-state index in [-0.39, 0.29) is 11.9 Å². The van der Waals surface area contributed by atoms with E-state index in [1.807, 2.05) is 0 Å². The maximum atomic E-state index is 12.3. The zero-order valence-electron chi connectivity index (χ0n) is 9.59. The highest BCUT2D eigenvalue weighted by molar-refractivity contribution is 7.16. The quantitative estimate of drug-likeness (QED) is 0.812. The molecule has 94 valence electrons. The maximum Gasteiger partial charge on any atom is 0.175 e. The van der Waals surface area contributed by atoms with Gasteiger partial charge < -0.3 is 15.8 Å². The van der Waals surface area contributed by atoms with Crippen molar-refractivity contribution in [3.63, 3.8) is 0 Å². The Morgan fingerprint density at radius 2 is 2.53 bits per heavy atom. The average molecular weight is 258 g/mol. The van der Waals surface area contributed by atoms with Gasteiger partial charge in [-0.2, -0.15) is 0 Å². The molecule has 0 bridgehead atoms. The summed E-state index contributed by atoms with van der Waals surface area (Å²) in [7, 11) is 1.79. The molecular formula is C11H15FN2O2S. The van der Waals surface area contributed by atoms with Crippen molar-refractivity contribution in [2.75, 3.05) is 18.9 Å². The number of nitrogens with one attached hydrogen (secondary N) is 1. The fourth-order valence-corrected chi connectivity index (χ4v) is 3.11. The third-order valence-corrected chi connectivity index (χ3v) is 4.06. The van der Waals surface area contributed by atoms with Gasteiger partial charge >= 0.3 is 0 Å². The smallest absolute Gasteiger partial charge is 0.175 e. The van der Waals surface area contributed by atoms with Crippen LogP contribution >= 0.6 is 11.3 Å². The summed E-state index contributed by atoms with van der Waals surface area (Å²) in [6.07, 6.45) is 0.648. The summed E-state index contributed by atoms with van der Waals surface area (Å²) in [6.45, 7) is 4.54. The average Bonchev–Trinajstić information content (AvgIpc) is 2.74. The van der Waals surface area contributed by atoms with Crippen molar-refractivity contribution < 1.29 is 14.2 Å². The van der Waals surface area contributed by atoms with Crippen molar-refractivity contribution in [1.82, 2.24) is 0 Å². The Balaban J connectivity index is 2.42. The zero-order chi connectivity index (χ0) is 12.4. The lowest BCUT2D eigenvalue weighted by molar-refractivity contribution is -0.0418. The Bertz CT molecular complexity index is 433. The molecule has 0 aromatic carbocycles. The van der Waals surface area contributed by atoms with Crippen molar-refractivity contribution in [2.24, 2.45) is 5.73 Å². The Labute approximate surface area is 103 Å². The molecule has 0 aliphatic carbocycles. The van der Waals surface area contributed by atoms with Crippen LogP contribution in [0.3, 0.4) is 0 Å². The summed E-state index contributed by atoms with van der Waals surface area (Å²) in [6, 6.07) is 0. The number of ether oxygens (including phenoxy) is 1. The molecule has 0 radical (unpaired) electrons. The van der Waals surface area contributed by atoms with Gasteiger partial charge in [0.1, 0.15) is 0 Å². The molecular weight excluding hydrogens is 243 g/mol. The number of rotatable bonds is 4. The molecule has 4 nitrogen and oxygen atoms in total. The van der Waals surface area contributed by atoms with Gasteiger partial charge in [-0.25, -0.2) is 0 Å². The lowest BCUT2D eigenvalue weighted by Gasteiger charge is -2.22. The number of thiophene rings is 1. The Morgan fingerprint density at radius 3 is 3.12 bits per heavy atom. The van der Waals surface area contributed by atoms with Crippen LogP contribution in [-0.2, 0) is 22.7 Å². The van der Waals surface area contributed by atoms with Gasteiger partial charge in [0.2, 0.25) is 0 Å². The molecule has 2 heterocycles.